The zero-order chi connectivity index (χ0) is 25.3. The number of aromatic nitrogens is 3. The Hall–Kier alpha value is -3.46. The summed E-state index contributed by atoms with van der Waals surface area (Å²) < 4.78 is 30.4. The largest absolute Gasteiger partial charge is 0.507 e. The molecule has 11 heteroatoms. The predicted molar refractivity (Wildman–Crippen MR) is 139 cm³/mol. The van der Waals surface area contributed by atoms with Crippen molar-refractivity contribution in [3.05, 3.63) is 70.8 Å². The summed E-state index contributed by atoms with van der Waals surface area (Å²) in [7, 11) is -3.70. The molecule has 0 amide bonds. The Balaban J connectivity index is 1.38. The number of sulfonamides is 1. The molecule has 1 aliphatic heterocycles. The van der Waals surface area contributed by atoms with Crippen LogP contribution in [0.25, 0.3) is 16.9 Å². The van der Waals surface area contributed by atoms with Crippen LogP contribution in [0.2, 0.25) is 0 Å². The molecule has 0 radical (unpaired) electrons. The van der Waals surface area contributed by atoms with E-state index in [0.29, 0.717) is 47.9 Å². The minimum absolute atomic E-state index is 0.0727. The summed E-state index contributed by atoms with van der Waals surface area (Å²) in [6.07, 6.45) is 3.28. The van der Waals surface area contributed by atoms with Crippen molar-refractivity contribution in [3.63, 3.8) is 0 Å². The number of piperidine rings is 1. The lowest BCUT2D eigenvalue weighted by Crippen LogP contribution is -2.41. The van der Waals surface area contributed by atoms with Crippen LogP contribution >= 0.6 is 15.9 Å². The first kappa shape index (κ1) is 24.2. The molecule has 1 saturated heterocycles. The second-order valence-electron chi connectivity index (χ2n) is 8.66. The first-order chi connectivity index (χ1) is 17.4. The van der Waals surface area contributed by atoms with E-state index < -0.39 is 10.0 Å². The van der Waals surface area contributed by atoms with Crippen molar-refractivity contribution < 1.29 is 13.5 Å². The Bertz CT molecular complexity index is 1580. The standard InChI is InChI=1S/C25H23BrN6O3S/c26-21-15-29-32-24(12-22(30-25(21)32)20-8-1-2-9-23(20)33)28-14-18-6-4-10-31(16-18)36(34,35)19-7-3-5-17(11-19)13-27/h1-3,5,7-9,11-12,15,18,28,33H,4,6,10,14,16H2. The maximum Gasteiger partial charge on any atom is 0.243 e. The fourth-order valence-electron chi connectivity index (χ4n) is 4.43. The van der Waals surface area contributed by atoms with Crippen LogP contribution in [0.5, 0.6) is 5.75 Å². The number of aromatic hydroxyl groups is 1. The maximum absolute atomic E-state index is 13.2. The second-order valence-corrected chi connectivity index (χ2v) is 11.5. The molecule has 0 saturated carbocycles. The fourth-order valence-corrected chi connectivity index (χ4v) is 6.38. The fraction of sp³-hybridized carbons (Fsp3) is 0.240. The molecule has 2 aromatic carbocycles. The molecule has 2 aromatic heterocycles. The third-order valence-corrected chi connectivity index (χ3v) is 8.68. The summed E-state index contributed by atoms with van der Waals surface area (Å²) in [6, 6.07) is 17.0. The van der Waals surface area contributed by atoms with Crippen molar-refractivity contribution in [2.24, 2.45) is 5.92 Å². The van der Waals surface area contributed by atoms with Crippen LogP contribution in [0.4, 0.5) is 5.82 Å². The Morgan fingerprint density at radius 1 is 1.19 bits per heavy atom. The molecule has 2 N–H and O–H groups in total. The van der Waals surface area contributed by atoms with Crippen LogP contribution < -0.4 is 5.32 Å². The number of anilines is 1. The lowest BCUT2D eigenvalue weighted by molar-refractivity contribution is 0.275. The quantitative estimate of drug-likeness (QED) is 0.357. The number of hydrogen-bond acceptors (Lipinski definition) is 7. The number of phenols is 1. The number of fused-ring (bicyclic) bond motifs is 1. The second kappa shape index (κ2) is 9.89. The lowest BCUT2D eigenvalue weighted by atomic mass is 10.00. The van der Waals surface area contributed by atoms with E-state index in [1.165, 1.54) is 16.4 Å². The SMILES string of the molecule is N#Cc1cccc(S(=O)(=O)N2CCCC(CNc3cc(-c4ccccc4O)nc4c(Br)cnn34)C2)c1. The third kappa shape index (κ3) is 4.67. The molecule has 4 aromatic rings. The molecule has 0 spiro atoms. The van der Waals surface area contributed by atoms with E-state index in [2.05, 4.69) is 31.3 Å². The highest BCUT2D eigenvalue weighted by molar-refractivity contribution is 9.10. The van der Waals surface area contributed by atoms with Gasteiger partial charge >= 0.3 is 0 Å². The van der Waals surface area contributed by atoms with Gasteiger partial charge in [0, 0.05) is 31.3 Å². The smallest absolute Gasteiger partial charge is 0.243 e. The number of nitriles is 1. The molecular formula is C25H23BrN6O3S. The van der Waals surface area contributed by atoms with Crippen LogP contribution in [-0.2, 0) is 10.0 Å². The molecule has 5 rings (SSSR count). The molecule has 3 heterocycles. The minimum atomic E-state index is -3.70. The van der Waals surface area contributed by atoms with Gasteiger partial charge in [-0.25, -0.2) is 13.4 Å². The molecule has 36 heavy (non-hydrogen) atoms. The van der Waals surface area contributed by atoms with Gasteiger partial charge in [0.15, 0.2) is 5.65 Å². The Morgan fingerprint density at radius 3 is 2.83 bits per heavy atom. The lowest BCUT2D eigenvalue weighted by Gasteiger charge is -2.32. The molecule has 0 bridgehead atoms. The topological polar surface area (TPSA) is 124 Å². The number of nitrogens with one attached hydrogen (secondary N) is 1. The Labute approximate surface area is 217 Å². The van der Waals surface area contributed by atoms with Crippen molar-refractivity contribution in [1.82, 2.24) is 18.9 Å². The van der Waals surface area contributed by atoms with Crippen LogP contribution in [0.1, 0.15) is 18.4 Å². The molecular weight excluding hydrogens is 544 g/mol. The van der Waals surface area contributed by atoms with E-state index in [0.717, 1.165) is 17.3 Å². The van der Waals surface area contributed by atoms with E-state index in [1.54, 1.807) is 41.0 Å². The summed E-state index contributed by atoms with van der Waals surface area (Å²) in [5, 5.41) is 27.3. The molecule has 184 valence electrons. The van der Waals surface area contributed by atoms with Gasteiger partial charge in [0.25, 0.3) is 0 Å². The van der Waals surface area contributed by atoms with Crippen molar-refractivity contribution in [3.8, 4) is 23.1 Å². The average Bonchev–Trinajstić information content (AvgIpc) is 3.28. The van der Waals surface area contributed by atoms with Crippen LogP contribution in [0, 0.1) is 17.2 Å². The molecule has 1 fully saturated rings. The predicted octanol–water partition coefficient (Wildman–Crippen LogP) is 4.25. The molecule has 9 nitrogen and oxygen atoms in total. The number of rotatable bonds is 6. The highest BCUT2D eigenvalue weighted by Gasteiger charge is 2.30. The highest BCUT2D eigenvalue weighted by Crippen LogP contribution is 2.31. The van der Waals surface area contributed by atoms with E-state index in [1.807, 2.05) is 18.2 Å². The Kier molecular flexibility index (Phi) is 6.66. The van der Waals surface area contributed by atoms with Gasteiger partial charge < -0.3 is 10.4 Å². The monoisotopic (exact) mass is 566 g/mol. The number of benzene rings is 2. The van der Waals surface area contributed by atoms with E-state index >= 15 is 0 Å². The van der Waals surface area contributed by atoms with Gasteiger partial charge in [-0.1, -0.05) is 18.2 Å². The van der Waals surface area contributed by atoms with Gasteiger partial charge in [0.2, 0.25) is 10.0 Å². The van der Waals surface area contributed by atoms with Gasteiger partial charge in [0.05, 0.1) is 32.9 Å². The summed E-state index contributed by atoms with van der Waals surface area (Å²) >= 11 is 3.49. The molecule has 1 unspecified atom stereocenters. The highest BCUT2D eigenvalue weighted by atomic mass is 79.9. The van der Waals surface area contributed by atoms with Crippen molar-refractivity contribution in [2.45, 2.75) is 17.7 Å². The van der Waals surface area contributed by atoms with Crippen molar-refractivity contribution in [2.75, 3.05) is 25.0 Å². The Morgan fingerprint density at radius 2 is 2.03 bits per heavy atom. The number of nitrogens with zero attached hydrogens (tertiary/aromatic N) is 5. The number of phenolic OH excluding ortho intramolecular Hbond substituents is 1. The molecule has 0 aliphatic carbocycles. The van der Waals surface area contributed by atoms with Crippen LogP contribution in [0.3, 0.4) is 0 Å². The summed E-state index contributed by atoms with van der Waals surface area (Å²) in [4.78, 5) is 4.80. The molecule has 1 atom stereocenters. The van der Waals surface area contributed by atoms with E-state index in [4.69, 9.17) is 5.26 Å². The van der Waals surface area contributed by atoms with Gasteiger partial charge in [-0.05, 0) is 65.0 Å². The van der Waals surface area contributed by atoms with Crippen LogP contribution in [-0.4, -0.2) is 52.1 Å². The summed E-state index contributed by atoms with van der Waals surface area (Å²) in [6.45, 7) is 1.34. The van der Waals surface area contributed by atoms with E-state index in [-0.39, 0.29) is 16.6 Å². The van der Waals surface area contributed by atoms with Crippen molar-refractivity contribution in [1.29, 1.82) is 5.26 Å². The number of para-hydroxylation sites is 1. The number of hydrogen-bond donors (Lipinski definition) is 2. The summed E-state index contributed by atoms with van der Waals surface area (Å²) in [5.74, 6) is 0.888. The van der Waals surface area contributed by atoms with Gasteiger partial charge in [-0.3, -0.25) is 0 Å². The zero-order valence-electron chi connectivity index (χ0n) is 19.2. The first-order valence-corrected chi connectivity index (χ1v) is 13.7. The van der Waals surface area contributed by atoms with Gasteiger partial charge in [0.1, 0.15) is 11.6 Å². The van der Waals surface area contributed by atoms with Gasteiger partial charge in [-0.15, -0.1) is 0 Å². The molecule has 1 aliphatic rings. The summed E-state index contributed by atoms with van der Waals surface area (Å²) in [5.41, 5.74) is 2.11. The average molecular weight is 567 g/mol. The van der Waals surface area contributed by atoms with Gasteiger partial charge in [-0.2, -0.15) is 19.2 Å². The maximum atomic E-state index is 13.2. The minimum Gasteiger partial charge on any atom is -0.507 e. The van der Waals surface area contributed by atoms with Crippen molar-refractivity contribution >= 4 is 37.4 Å². The number of halogens is 1. The van der Waals surface area contributed by atoms with E-state index in [9.17, 15) is 13.5 Å². The zero-order valence-corrected chi connectivity index (χ0v) is 21.6. The van der Waals surface area contributed by atoms with Crippen LogP contribution in [0.15, 0.2) is 70.2 Å². The normalized spacial score (nSPS) is 16.6. The first-order valence-electron chi connectivity index (χ1n) is 11.4. The third-order valence-electron chi connectivity index (χ3n) is 6.26.